The van der Waals surface area contributed by atoms with Crippen molar-refractivity contribution in [3.05, 3.63) is 45.7 Å². The molecule has 0 radical (unpaired) electrons. The monoisotopic (exact) mass is 335 g/mol. The van der Waals surface area contributed by atoms with E-state index in [-0.39, 0.29) is 17.8 Å². The van der Waals surface area contributed by atoms with Gasteiger partial charge in [0.25, 0.3) is 0 Å². The van der Waals surface area contributed by atoms with Crippen LogP contribution in [0.1, 0.15) is 28.6 Å². The molecule has 2 heterocycles. The Kier molecular flexibility index (Phi) is 4.76. The standard InChI is InChI=1S/C16H18FN3O2S/c1-10-14(23-9-19-10)5-7-18-16(21)20-13-6-8-22-15-11(13)3-2-4-12(15)17/h2-4,9,13H,5-8H2,1H3,(H2,18,20,21)/t13-/m0/s1. The molecule has 7 heteroatoms. The highest BCUT2D eigenvalue weighted by atomic mass is 32.1. The van der Waals surface area contributed by atoms with Crippen molar-refractivity contribution in [1.82, 2.24) is 15.6 Å². The van der Waals surface area contributed by atoms with E-state index in [9.17, 15) is 9.18 Å². The van der Waals surface area contributed by atoms with Crippen molar-refractivity contribution < 1.29 is 13.9 Å². The summed E-state index contributed by atoms with van der Waals surface area (Å²) in [4.78, 5) is 17.4. The molecule has 1 aromatic carbocycles. The lowest BCUT2D eigenvalue weighted by Crippen LogP contribution is -2.40. The quantitative estimate of drug-likeness (QED) is 0.903. The van der Waals surface area contributed by atoms with Crippen molar-refractivity contribution in [2.75, 3.05) is 13.2 Å². The predicted molar refractivity (Wildman–Crippen MR) is 86.3 cm³/mol. The number of para-hydroxylation sites is 1. The topological polar surface area (TPSA) is 63.2 Å². The minimum absolute atomic E-state index is 0.236. The number of ether oxygens (including phenoxy) is 1. The zero-order chi connectivity index (χ0) is 16.2. The van der Waals surface area contributed by atoms with Gasteiger partial charge in [-0.25, -0.2) is 14.2 Å². The number of rotatable bonds is 4. The van der Waals surface area contributed by atoms with Gasteiger partial charge in [0.2, 0.25) is 0 Å². The number of aryl methyl sites for hydroxylation is 1. The highest BCUT2D eigenvalue weighted by Crippen LogP contribution is 2.33. The van der Waals surface area contributed by atoms with Crippen molar-refractivity contribution in [3.63, 3.8) is 0 Å². The third-order valence-electron chi connectivity index (χ3n) is 3.81. The Bertz CT molecular complexity index is 704. The third-order valence-corrected chi connectivity index (χ3v) is 4.81. The van der Waals surface area contributed by atoms with Crippen molar-refractivity contribution >= 4 is 17.4 Å². The summed E-state index contributed by atoms with van der Waals surface area (Å²) in [5.41, 5.74) is 3.49. The molecule has 1 aliphatic heterocycles. The summed E-state index contributed by atoms with van der Waals surface area (Å²) in [5.74, 6) is -0.153. The van der Waals surface area contributed by atoms with Crippen LogP contribution in [-0.2, 0) is 6.42 Å². The van der Waals surface area contributed by atoms with E-state index in [1.165, 1.54) is 10.9 Å². The van der Waals surface area contributed by atoms with Gasteiger partial charge in [0.05, 0.1) is 23.9 Å². The van der Waals surface area contributed by atoms with Gasteiger partial charge in [0.15, 0.2) is 11.6 Å². The summed E-state index contributed by atoms with van der Waals surface area (Å²) >= 11 is 1.59. The van der Waals surface area contributed by atoms with Crippen LogP contribution in [-0.4, -0.2) is 24.2 Å². The Balaban J connectivity index is 1.55. The highest BCUT2D eigenvalue weighted by molar-refractivity contribution is 7.09. The molecule has 23 heavy (non-hydrogen) atoms. The summed E-state index contributed by atoms with van der Waals surface area (Å²) < 4.78 is 19.1. The number of aromatic nitrogens is 1. The maximum absolute atomic E-state index is 13.7. The van der Waals surface area contributed by atoms with Gasteiger partial charge in [-0.05, 0) is 13.0 Å². The van der Waals surface area contributed by atoms with Crippen molar-refractivity contribution in [1.29, 1.82) is 0 Å². The molecule has 0 saturated carbocycles. The number of carbonyl (C=O) groups is 1. The molecule has 0 fully saturated rings. The Morgan fingerprint density at radius 1 is 1.52 bits per heavy atom. The molecule has 0 aliphatic carbocycles. The maximum atomic E-state index is 13.7. The summed E-state index contributed by atoms with van der Waals surface area (Å²) in [6.45, 7) is 2.88. The average molecular weight is 335 g/mol. The smallest absolute Gasteiger partial charge is 0.315 e. The lowest BCUT2D eigenvalue weighted by Gasteiger charge is -2.27. The first-order chi connectivity index (χ1) is 11.1. The normalized spacial score (nSPS) is 16.3. The molecule has 0 saturated heterocycles. The first kappa shape index (κ1) is 15.7. The number of fused-ring (bicyclic) bond motifs is 1. The van der Waals surface area contributed by atoms with Gasteiger partial charge in [0.1, 0.15) is 0 Å². The van der Waals surface area contributed by atoms with Gasteiger partial charge >= 0.3 is 6.03 Å². The fraction of sp³-hybridized carbons (Fsp3) is 0.375. The van der Waals surface area contributed by atoms with Gasteiger partial charge in [0, 0.05) is 29.8 Å². The lowest BCUT2D eigenvalue weighted by atomic mass is 10.0. The summed E-state index contributed by atoms with van der Waals surface area (Å²) in [7, 11) is 0. The number of nitrogens with one attached hydrogen (secondary N) is 2. The molecule has 3 rings (SSSR count). The van der Waals surface area contributed by atoms with Crippen LogP contribution in [0.5, 0.6) is 5.75 Å². The molecule has 2 amide bonds. The van der Waals surface area contributed by atoms with E-state index in [2.05, 4.69) is 15.6 Å². The third kappa shape index (κ3) is 3.61. The fourth-order valence-electron chi connectivity index (χ4n) is 2.60. The van der Waals surface area contributed by atoms with Crippen LogP contribution in [0.4, 0.5) is 9.18 Å². The number of carbonyl (C=O) groups excluding carboxylic acids is 1. The summed E-state index contributed by atoms with van der Waals surface area (Å²) in [6.07, 6.45) is 1.38. The number of halogens is 1. The second-order valence-electron chi connectivity index (χ2n) is 5.36. The van der Waals surface area contributed by atoms with Crippen molar-refractivity contribution in [2.24, 2.45) is 0 Å². The van der Waals surface area contributed by atoms with E-state index in [0.29, 0.717) is 25.1 Å². The van der Waals surface area contributed by atoms with Crippen LogP contribution in [0.3, 0.4) is 0 Å². The fourth-order valence-corrected chi connectivity index (χ4v) is 3.38. The predicted octanol–water partition coefficient (Wildman–Crippen LogP) is 2.96. The Hall–Kier alpha value is -2.15. The number of nitrogens with zero attached hydrogens (tertiary/aromatic N) is 1. The number of urea groups is 1. The zero-order valence-corrected chi connectivity index (χ0v) is 13.6. The summed E-state index contributed by atoms with van der Waals surface area (Å²) in [5, 5.41) is 5.72. The number of benzene rings is 1. The van der Waals surface area contributed by atoms with Crippen LogP contribution < -0.4 is 15.4 Å². The first-order valence-corrected chi connectivity index (χ1v) is 8.37. The molecular weight excluding hydrogens is 317 g/mol. The van der Waals surface area contributed by atoms with Crippen LogP contribution in [0, 0.1) is 12.7 Å². The van der Waals surface area contributed by atoms with Crippen LogP contribution in [0.2, 0.25) is 0 Å². The molecule has 1 atom stereocenters. The minimum atomic E-state index is -0.393. The summed E-state index contributed by atoms with van der Waals surface area (Å²) in [6, 6.07) is 4.28. The van der Waals surface area contributed by atoms with Gasteiger partial charge < -0.3 is 15.4 Å². The van der Waals surface area contributed by atoms with E-state index in [1.807, 2.05) is 6.92 Å². The molecule has 1 aromatic heterocycles. The first-order valence-electron chi connectivity index (χ1n) is 7.49. The van der Waals surface area contributed by atoms with E-state index in [4.69, 9.17) is 4.74 Å². The van der Waals surface area contributed by atoms with Crippen LogP contribution >= 0.6 is 11.3 Å². The van der Waals surface area contributed by atoms with E-state index in [0.717, 1.165) is 12.1 Å². The van der Waals surface area contributed by atoms with Gasteiger partial charge in [-0.3, -0.25) is 0 Å². The lowest BCUT2D eigenvalue weighted by molar-refractivity contribution is 0.220. The van der Waals surface area contributed by atoms with Gasteiger partial charge in [-0.2, -0.15) is 0 Å². The number of thiazole rings is 1. The number of hydrogen-bond acceptors (Lipinski definition) is 4. The molecule has 0 bridgehead atoms. The molecule has 122 valence electrons. The molecule has 5 nitrogen and oxygen atoms in total. The Morgan fingerprint density at radius 2 is 2.39 bits per heavy atom. The molecule has 2 N–H and O–H groups in total. The van der Waals surface area contributed by atoms with Crippen LogP contribution in [0.25, 0.3) is 0 Å². The SMILES string of the molecule is Cc1ncsc1CCNC(=O)N[C@H]1CCOc2c(F)cccc21. The second kappa shape index (κ2) is 6.95. The average Bonchev–Trinajstić information content (AvgIpc) is 2.94. The van der Waals surface area contributed by atoms with Gasteiger partial charge in [-0.1, -0.05) is 12.1 Å². The second-order valence-corrected chi connectivity index (χ2v) is 6.30. The largest absolute Gasteiger partial charge is 0.490 e. The maximum Gasteiger partial charge on any atom is 0.315 e. The Morgan fingerprint density at radius 3 is 3.17 bits per heavy atom. The number of amides is 2. The molecular formula is C16H18FN3O2S. The zero-order valence-electron chi connectivity index (χ0n) is 12.8. The highest BCUT2D eigenvalue weighted by Gasteiger charge is 2.25. The molecule has 0 unspecified atom stereocenters. The number of hydrogen-bond donors (Lipinski definition) is 2. The van der Waals surface area contributed by atoms with Crippen molar-refractivity contribution in [3.8, 4) is 5.75 Å². The van der Waals surface area contributed by atoms with Crippen molar-refractivity contribution in [2.45, 2.75) is 25.8 Å². The van der Waals surface area contributed by atoms with E-state index >= 15 is 0 Å². The molecule has 1 aliphatic rings. The minimum Gasteiger partial charge on any atom is -0.490 e. The van der Waals surface area contributed by atoms with Gasteiger partial charge in [-0.15, -0.1) is 11.3 Å². The van der Waals surface area contributed by atoms with E-state index in [1.54, 1.807) is 29.0 Å². The molecule has 0 spiro atoms. The van der Waals surface area contributed by atoms with Crippen LogP contribution in [0.15, 0.2) is 23.7 Å². The van der Waals surface area contributed by atoms with E-state index < -0.39 is 5.82 Å². The Labute approximate surface area is 137 Å². The molecule has 2 aromatic rings.